The third-order valence-corrected chi connectivity index (χ3v) is 1.28. The highest BCUT2D eigenvalue weighted by Gasteiger charge is 1.87. The van der Waals surface area contributed by atoms with E-state index in [-0.39, 0.29) is 0 Å². The predicted molar refractivity (Wildman–Crippen MR) is 48.6 cm³/mol. The molecular formula is C10H9NO. The van der Waals surface area contributed by atoms with E-state index < -0.39 is 0 Å². The third kappa shape index (κ3) is 2.89. The number of rotatable bonds is 3. The largest absolute Gasteiger partial charge is 0.390 e. The van der Waals surface area contributed by atoms with Gasteiger partial charge in [-0.2, -0.15) is 0 Å². The lowest BCUT2D eigenvalue weighted by molar-refractivity contribution is 0.132. The second-order valence-electron chi connectivity index (χ2n) is 2.16. The van der Waals surface area contributed by atoms with Crippen molar-refractivity contribution in [2.45, 2.75) is 6.61 Å². The molecule has 60 valence electrons. The topological polar surface area (TPSA) is 21.6 Å². The number of hydrogen-bond donors (Lipinski definition) is 0. The summed E-state index contributed by atoms with van der Waals surface area (Å²) >= 11 is 0. The van der Waals surface area contributed by atoms with Crippen molar-refractivity contribution in [1.82, 2.24) is 0 Å². The molecule has 0 atom stereocenters. The van der Waals surface area contributed by atoms with Gasteiger partial charge in [-0.3, -0.25) is 0 Å². The molecule has 1 aromatic rings. The van der Waals surface area contributed by atoms with Crippen LogP contribution in [0.15, 0.2) is 35.5 Å². The van der Waals surface area contributed by atoms with Gasteiger partial charge in [-0.15, -0.1) is 6.42 Å². The quantitative estimate of drug-likeness (QED) is 0.374. The maximum absolute atomic E-state index is 4.93. The van der Waals surface area contributed by atoms with Crippen molar-refractivity contribution < 1.29 is 4.84 Å². The van der Waals surface area contributed by atoms with E-state index in [1.54, 1.807) is 0 Å². The maximum atomic E-state index is 4.93. The first-order valence-corrected chi connectivity index (χ1v) is 3.57. The fourth-order valence-electron chi connectivity index (χ4n) is 0.754. The Bertz CT molecular complexity index is 284. The molecule has 0 bridgehead atoms. The average molecular weight is 159 g/mol. The van der Waals surface area contributed by atoms with Gasteiger partial charge in [-0.1, -0.05) is 41.4 Å². The maximum Gasteiger partial charge on any atom is 0.142 e. The molecular weight excluding hydrogens is 150 g/mol. The molecule has 1 rings (SSSR count). The van der Waals surface area contributed by atoms with Gasteiger partial charge in [-0.05, 0) is 5.56 Å². The Balaban J connectivity index is 2.35. The monoisotopic (exact) mass is 159 g/mol. The number of terminal acetylenes is 1. The molecule has 0 aromatic heterocycles. The van der Waals surface area contributed by atoms with Gasteiger partial charge in [0.05, 0.1) is 0 Å². The summed E-state index contributed by atoms with van der Waals surface area (Å²) in [5.74, 6) is 2.24. The predicted octanol–water partition coefficient (Wildman–Crippen LogP) is 1.82. The fraction of sp³-hybridized carbons (Fsp3) is 0.100. The van der Waals surface area contributed by atoms with Gasteiger partial charge in [0.15, 0.2) is 0 Å². The molecule has 0 aliphatic carbocycles. The summed E-state index contributed by atoms with van der Waals surface area (Å²) in [5, 5.41) is 3.52. The lowest BCUT2D eigenvalue weighted by Gasteiger charge is -1.96. The summed E-state index contributed by atoms with van der Waals surface area (Å²) in [6.07, 6.45) is 6.21. The lowest BCUT2D eigenvalue weighted by atomic mass is 10.2. The zero-order valence-electron chi connectivity index (χ0n) is 6.60. The standard InChI is InChI=1S/C10H9NO/c1-2-8-11-12-9-10-6-4-3-5-7-10/h1,3-8H,9H2. The van der Waals surface area contributed by atoms with Crippen LogP contribution < -0.4 is 0 Å². The second-order valence-corrected chi connectivity index (χ2v) is 2.16. The zero-order chi connectivity index (χ0) is 8.65. The SMILES string of the molecule is C#CC=NOCc1ccccc1. The van der Waals surface area contributed by atoms with Crippen LogP contribution in [0, 0.1) is 12.3 Å². The molecule has 0 heterocycles. The number of hydrogen-bond acceptors (Lipinski definition) is 2. The van der Waals surface area contributed by atoms with Crippen molar-refractivity contribution in [3.8, 4) is 12.3 Å². The molecule has 1 aromatic carbocycles. The van der Waals surface area contributed by atoms with Crippen molar-refractivity contribution in [1.29, 1.82) is 0 Å². The number of benzene rings is 1. The molecule has 0 spiro atoms. The van der Waals surface area contributed by atoms with Crippen LogP contribution in [0.4, 0.5) is 0 Å². The molecule has 0 unspecified atom stereocenters. The van der Waals surface area contributed by atoms with E-state index in [0.717, 1.165) is 5.56 Å². The first kappa shape index (κ1) is 8.35. The van der Waals surface area contributed by atoms with E-state index in [1.165, 1.54) is 6.21 Å². The van der Waals surface area contributed by atoms with Gasteiger partial charge in [0, 0.05) is 0 Å². The molecule has 0 aliphatic heterocycles. The van der Waals surface area contributed by atoms with E-state index in [0.29, 0.717) is 6.61 Å². The molecule has 0 aliphatic rings. The highest BCUT2D eigenvalue weighted by atomic mass is 16.6. The summed E-state index contributed by atoms with van der Waals surface area (Å²) in [6, 6.07) is 9.78. The molecule has 0 radical (unpaired) electrons. The van der Waals surface area contributed by atoms with Crippen LogP contribution in [-0.2, 0) is 11.4 Å². The van der Waals surface area contributed by atoms with E-state index in [2.05, 4.69) is 11.1 Å². The summed E-state index contributed by atoms with van der Waals surface area (Å²) in [5.41, 5.74) is 1.08. The van der Waals surface area contributed by atoms with Crippen LogP contribution in [0.2, 0.25) is 0 Å². The van der Waals surface area contributed by atoms with Crippen molar-refractivity contribution in [2.24, 2.45) is 5.16 Å². The van der Waals surface area contributed by atoms with E-state index >= 15 is 0 Å². The minimum atomic E-state index is 0.457. The molecule has 0 amide bonds. The Morgan fingerprint density at radius 2 is 2.17 bits per heavy atom. The third-order valence-electron chi connectivity index (χ3n) is 1.28. The van der Waals surface area contributed by atoms with E-state index in [9.17, 15) is 0 Å². The smallest absolute Gasteiger partial charge is 0.142 e. The van der Waals surface area contributed by atoms with Crippen molar-refractivity contribution in [3.05, 3.63) is 35.9 Å². The zero-order valence-corrected chi connectivity index (χ0v) is 6.60. The molecule has 2 nitrogen and oxygen atoms in total. The van der Waals surface area contributed by atoms with Crippen LogP contribution in [0.5, 0.6) is 0 Å². The summed E-state index contributed by atoms with van der Waals surface area (Å²) in [4.78, 5) is 4.89. The van der Waals surface area contributed by atoms with Gasteiger partial charge in [0.25, 0.3) is 0 Å². The van der Waals surface area contributed by atoms with E-state index in [1.807, 2.05) is 30.3 Å². The van der Waals surface area contributed by atoms with E-state index in [4.69, 9.17) is 11.3 Å². The Kier molecular flexibility index (Phi) is 3.46. The van der Waals surface area contributed by atoms with Crippen LogP contribution >= 0.6 is 0 Å². The van der Waals surface area contributed by atoms with Gasteiger partial charge >= 0.3 is 0 Å². The van der Waals surface area contributed by atoms with Gasteiger partial charge in [-0.25, -0.2) is 0 Å². The average Bonchev–Trinajstić information content (AvgIpc) is 2.14. The second kappa shape index (κ2) is 4.97. The summed E-state index contributed by atoms with van der Waals surface area (Å²) in [6.45, 7) is 0.457. The Morgan fingerprint density at radius 3 is 2.83 bits per heavy atom. The highest BCUT2D eigenvalue weighted by Crippen LogP contribution is 1.99. The number of oxime groups is 1. The number of nitrogens with zero attached hydrogens (tertiary/aromatic N) is 1. The van der Waals surface area contributed by atoms with Crippen LogP contribution in [0.1, 0.15) is 5.56 Å². The Labute approximate surface area is 71.9 Å². The molecule has 0 fully saturated rings. The van der Waals surface area contributed by atoms with Gasteiger partial charge in [0.2, 0.25) is 0 Å². The molecule has 12 heavy (non-hydrogen) atoms. The Hall–Kier alpha value is -1.75. The summed E-state index contributed by atoms with van der Waals surface area (Å²) in [7, 11) is 0. The van der Waals surface area contributed by atoms with Crippen molar-refractivity contribution in [3.63, 3.8) is 0 Å². The first-order valence-electron chi connectivity index (χ1n) is 3.57. The normalized spacial score (nSPS) is 9.58. The molecule has 0 N–H and O–H groups in total. The van der Waals surface area contributed by atoms with Crippen molar-refractivity contribution >= 4 is 6.21 Å². The molecule has 0 saturated heterocycles. The first-order chi connectivity index (χ1) is 5.93. The minimum absolute atomic E-state index is 0.457. The van der Waals surface area contributed by atoms with Crippen LogP contribution in [0.3, 0.4) is 0 Å². The Morgan fingerprint density at radius 1 is 1.42 bits per heavy atom. The molecule has 2 heteroatoms. The molecule has 0 saturated carbocycles. The van der Waals surface area contributed by atoms with Crippen molar-refractivity contribution in [2.75, 3.05) is 0 Å². The summed E-state index contributed by atoms with van der Waals surface area (Å²) < 4.78 is 0. The van der Waals surface area contributed by atoms with Gasteiger partial charge in [0.1, 0.15) is 12.8 Å². The van der Waals surface area contributed by atoms with Crippen LogP contribution in [-0.4, -0.2) is 6.21 Å². The fourth-order valence-corrected chi connectivity index (χ4v) is 0.754. The van der Waals surface area contributed by atoms with Crippen LogP contribution in [0.25, 0.3) is 0 Å². The van der Waals surface area contributed by atoms with Gasteiger partial charge < -0.3 is 4.84 Å². The minimum Gasteiger partial charge on any atom is -0.390 e. The highest BCUT2D eigenvalue weighted by molar-refractivity contribution is 5.76. The lowest BCUT2D eigenvalue weighted by Crippen LogP contribution is -1.85.